The van der Waals surface area contributed by atoms with E-state index in [-0.39, 0.29) is 11.8 Å². The lowest BCUT2D eigenvalue weighted by molar-refractivity contribution is 0.0734. The Labute approximate surface area is 113 Å². The smallest absolute Gasteiger partial charge is 0.253 e. The van der Waals surface area contributed by atoms with Gasteiger partial charge in [-0.05, 0) is 24.1 Å². The van der Waals surface area contributed by atoms with Crippen LogP contribution in [-0.4, -0.2) is 34.8 Å². The van der Waals surface area contributed by atoms with E-state index < -0.39 is 0 Å². The molecule has 1 aromatic carbocycles. The molecule has 0 aromatic heterocycles. The van der Waals surface area contributed by atoms with Crippen LogP contribution in [0, 0.1) is 5.92 Å². The Morgan fingerprint density at radius 3 is 2.63 bits per heavy atom. The van der Waals surface area contributed by atoms with Gasteiger partial charge in [0.05, 0.1) is 5.71 Å². The van der Waals surface area contributed by atoms with Crippen molar-refractivity contribution in [2.75, 3.05) is 13.1 Å². The molecule has 1 amide bonds. The Morgan fingerprint density at radius 2 is 2.11 bits per heavy atom. The van der Waals surface area contributed by atoms with Crippen molar-refractivity contribution in [1.29, 1.82) is 0 Å². The second-order valence-corrected chi connectivity index (χ2v) is 5.04. The first-order valence-electron chi connectivity index (χ1n) is 6.74. The summed E-state index contributed by atoms with van der Waals surface area (Å²) in [5, 5.41) is 12.1. The summed E-state index contributed by atoms with van der Waals surface area (Å²) < 4.78 is 0. The minimum atomic E-state index is 0.0616. The maximum atomic E-state index is 12.4. The number of aryl methyl sites for hydroxylation is 1. The van der Waals surface area contributed by atoms with Crippen molar-refractivity contribution in [3.8, 4) is 0 Å². The third kappa shape index (κ3) is 2.95. The lowest BCUT2D eigenvalue weighted by Gasteiger charge is -2.31. The molecule has 1 fully saturated rings. The van der Waals surface area contributed by atoms with E-state index in [1.165, 1.54) is 5.56 Å². The molecule has 1 atom stereocenters. The highest BCUT2D eigenvalue weighted by atomic mass is 16.4. The van der Waals surface area contributed by atoms with Crippen LogP contribution in [0.25, 0.3) is 0 Å². The molecule has 1 unspecified atom stereocenters. The second-order valence-electron chi connectivity index (χ2n) is 5.04. The van der Waals surface area contributed by atoms with Crippen molar-refractivity contribution in [2.24, 2.45) is 11.1 Å². The molecule has 19 heavy (non-hydrogen) atoms. The number of rotatable bonds is 2. The molecule has 1 aliphatic rings. The van der Waals surface area contributed by atoms with Gasteiger partial charge in [-0.1, -0.05) is 31.1 Å². The third-order valence-corrected chi connectivity index (χ3v) is 3.73. The fraction of sp³-hybridized carbons (Fsp3) is 0.467. The first-order chi connectivity index (χ1) is 9.15. The first-order valence-corrected chi connectivity index (χ1v) is 6.74. The Hall–Kier alpha value is -1.84. The molecule has 4 heteroatoms. The van der Waals surface area contributed by atoms with Crippen LogP contribution in [0.2, 0.25) is 0 Å². The van der Waals surface area contributed by atoms with Gasteiger partial charge in [0.15, 0.2) is 0 Å². The van der Waals surface area contributed by atoms with Crippen molar-refractivity contribution in [3.63, 3.8) is 0 Å². The van der Waals surface area contributed by atoms with Crippen molar-refractivity contribution < 1.29 is 10.0 Å². The number of likely N-dealkylation sites (tertiary alicyclic amines) is 1. The Bertz CT molecular complexity index is 479. The van der Waals surface area contributed by atoms with Crippen LogP contribution in [-0.2, 0) is 6.42 Å². The quantitative estimate of drug-likeness (QED) is 0.656. The highest BCUT2D eigenvalue weighted by Crippen LogP contribution is 2.17. The third-order valence-electron chi connectivity index (χ3n) is 3.73. The predicted octanol–water partition coefficient (Wildman–Crippen LogP) is 2.56. The molecule has 1 saturated heterocycles. The molecule has 1 heterocycles. The maximum absolute atomic E-state index is 12.4. The van der Waals surface area contributed by atoms with Crippen LogP contribution in [0.1, 0.15) is 36.2 Å². The van der Waals surface area contributed by atoms with E-state index in [0.29, 0.717) is 19.5 Å². The summed E-state index contributed by atoms with van der Waals surface area (Å²) in [7, 11) is 0. The molecule has 0 saturated carbocycles. The minimum Gasteiger partial charge on any atom is -0.411 e. The van der Waals surface area contributed by atoms with E-state index in [0.717, 1.165) is 17.7 Å². The molecule has 1 aromatic rings. The summed E-state index contributed by atoms with van der Waals surface area (Å²) in [6.07, 6.45) is 1.63. The van der Waals surface area contributed by atoms with Crippen molar-refractivity contribution in [3.05, 3.63) is 35.4 Å². The number of amides is 1. The number of piperidine rings is 1. The van der Waals surface area contributed by atoms with Gasteiger partial charge in [0.2, 0.25) is 0 Å². The number of hydrogen-bond donors (Lipinski definition) is 1. The van der Waals surface area contributed by atoms with Gasteiger partial charge in [0.1, 0.15) is 0 Å². The highest BCUT2D eigenvalue weighted by Gasteiger charge is 2.26. The first kappa shape index (κ1) is 13.6. The number of oxime groups is 1. The summed E-state index contributed by atoms with van der Waals surface area (Å²) >= 11 is 0. The van der Waals surface area contributed by atoms with Gasteiger partial charge in [-0.3, -0.25) is 4.79 Å². The van der Waals surface area contributed by atoms with E-state index in [1.54, 1.807) is 0 Å². The van der Waals surface area contributed by atoms with Gasteiger partial charge in [-0.2, -0.15) is 0 Å². The molecule has 0 spiro atoms. The summed E-state index contributed by atoms with van der Waals surface area (Å²) in [5.74, 6) is 0.184. The summed E-state index contributed by atoms with van der Waals surface area (Å²) in [6.45, 7) is 5.32. The second kappa shape index (κ2) is 5.87. The molecule has 1 N–H and O–H groups in total. The number of nitrogens with zero attached hydrogens (tertiary/aromatic N) is 2. The van der Waals surface area contributed by atoms with Crippen LogP contribution in [0.4, 0.5) is 0 Å². The van der Waals surface area contributed by atoms with Crippen LogP contribution in [0.5, 0.6) is 0 Å². The van der Waals surface area contributed by atoms with Gasteiger partial charge >= 0.3 is 0 Å². The van der Waals surface area contributed by atoms with Gasteiger partial charge in [0, 0.05) is 31.0 Å². The Morgan fingerprint density at radius 1 is 1.42 bits per heavy atom. The van der Waals surface area contributed by atoms with Gasteiger partial charge in [-0.25, -0.2) is 0 Å². The average Bonchev–Trinajstić information content (AvgIpc) is 2.46. The SMILES string of the molecule is CCc1ccc(C(=O)N2CC/C(=N/O)C(C)C2)cc1. The molecule has 0 bridgehead atoms. The number of carbonyl (C=O) groups is 1. The lowest BCUT2D eigenvalue weighted by Crippen LogP contribution is -2.43. The van der Waals surface area contributed by atoms with Crippen molar-refractivity contribution in [1.82, 2.24) is 4.90 Å². The van der Waals surface area contributed by atoms with Crippen LogP contribution < -0.4 is 0 Å². The molecular weight excluding hydrogens is 240 g/mol. The topological polar surface area (TPSA) is 52.9 Å². The monoisotopic (exact) mass is 260 g/mol. The average molecular weight is 260 g/mol. The van der Waals surface area contributed by atoms with Gasteiger partial charge in [0.25, 0.3) is 5.91 Å². The highest BCUT2D eigenvalue weighted by molar-refractivity contribution is 5.96. The van der Waals surface area contributed by atoms with Crippen LogP contribution in [0.3, 0.4) is 0 Å². The van der Waals surface area contributed by atoms with Crippen LogP contribution >= 0.6 is 0 Å². The molecule has 1 aliphatic heterocycles. The van der Waals surface area contributed by atoms with Crippen molar-refractivity contribution in [2.45, 2.75) is 26.7 Å². The molecule has 102 valence electrons. The fourth-order valence-corrected chi connectivity index (χ4v) is 2.42. The number of carbonyl (C=O) groups excluding carboxylic acids is 1. The molecule has 0 aliphatic carbocycles. The zero-order valence-corrected chi connectivity index (χ0v) is 11.5. The fourth-order valence-electron chi connectivity index (χ4n) is 2.42. The molecular formula is C15H20N2O2. The zero-order chi connectivity index (χ0) is 13.8. The normalized spacial score (nSPS) is 21.7. The largest absolute Gasteiger partial charge is 0.411 e. The van der Waals surface area contributed by atoms with Crippen molar-refractivity contribution >= 4 is 11.6 Å². The summed E-state index contributed by atoms with van der Waals surface area (Å²) in [6, 6.07) is 7.78. The molecule has 4 nitrogen and oxygen atoms in total. The van der Waals surface area contributed by atoms with Gasteiger partial charge in [-0.15, -0.1) is 0 Å². The zero-order valence-electron chi connectivity index (χ0n) is 11.5. The molecule has 0 radical (unpaired) electrons. The standard InChI is InChI=1S/C15H20N2O2/c1-3-12-4-6-13(7-5-12)15(18)17-9-8-14(16-19)11(2)10-17/h4-7,11,19H,3,8-10H2,1-2H3/b16-14-. The maximum Gasteiger partial charge on any atom is 0.253 e. The van der Waals surface area contributed by atoms with E-state index in [4.69, 9.17) is 5.21 Å². The van der Waals surface area contributed by atoms with Gasteiger partial charge < -0.3 is 10.1 Å². The van der Waals surface area contributed by atoms with E-state index in [9.17, 15) is 4.79 Å². The summed E-state index contributed by atoms with van der Waals surface area (Å²) in [4.78, 5) is 14.2. The number of hydrogen-bond acceptors (Lipinski definition) is 3. The molecule has 2 rings (SSSR count). The van der Waals surface area contributed by atoms with E-state index in [1.807, 2.05) is 36.1 Å². The minimum absolute atomic E-state index is 0.0616. The Balaban J connectivity index is 2.07. The number of benzene rings is 1. The van der Waals surface area contributed by atoms with E-state index in [2.05, 4.69) is 12.1 Å². The van der Waals surface area contributed by atoms with Crippen LogP contribution in [0.15, 0.2) is 29.4 Å². The lowest BCUT2D eigenvalue weighted by atomic mass is 9.97. The predicted molar refractivity (Wildman–Crippen MR) is 74.7 cm³/mol. The van der Waals surface area contributed by atoms with E-state index >= 15 is 0 Å². The Kier molecular flexibility index (Phi) is 4.20. The summed E-state index contributed by atoms with van der Waals surface area (Å²) in [5.41, 5.74) is 2.75.